The van der Waals surface area contributed by atoms with E-state index in [9.17, 15) is 13.2 Å². The lowest BCUT2D eigenvalue weighted by molar-refractivity contribution is -0.139. The highest BCUT2D eigenvalue weighted by Crippen LogP contribution is 2.46. The molecule has 1 aromatic heterocycles. The second-order valence-corrected chi connectivity index (χ2v) is 7.29. The lowest BCUT2D eigenvalue weighted by Gasteiger charge is -2.13. The largest absolute Gasteiger partial charge is 0.418 e. The first kappa shape index (κ1) is 18.4. The summed E-state index contributed by atoms with van der Waals surface area (Å²) in [7, 11) is 0. The minimum absolute atomic E-state index is 0.203. The van der Waals surface area contributed by atoms with E-state index >= 15 is 0 Å². The van der Waals surface area contributed by atoms with Crippen LogP contribution in [0.3, 0.4) is 0 Å². The number of para-hydroxylation sites is 1. The van der Waals surface area contributed by atoms with E-state index in [1.807, 2.05) is 91.0 Å². The van der Waals surface area contributed by atoms with Crippen LogP contribution < -0.4 is 0 Å². The van der Waals surface area contributed by atoms with Gasteiger partial charge < -0.3 is 4.57 Å². The number of aromatic nitrogens is 1. The number of benzene rings is 3. The van der Waals surface area contributed by atoms with Gasteiger partial charge in [-0.05, 0) is 29.8 Å². The normalized spacial score (nSPS) is 11.5. The van der Waals surface area contributed by atoms with Gasteiger partial charge in [0, 0.05) is 16.8 Å². The van der Waals surface area contributed by atoms with Gasteiger partial charge in [-0.3, -0.25) is 0 Å². The molecule has 0 fully saturated rings. The predicted molar refractivity (Wildman–Crippen MR) is 107 cm³/mol. The lowest BCUT2D eigenvalue weighted by Crippen LogP contribution is -2.04. The summed E-state index contributed by atoms with van der Waals surface area (Å²) in [5.74, 6) is 0. The Labute approximate surface area is 165 Å². The standard InChI is InChI=1S/C23H16F3NS/c24-23(25,26)20-16-27(18-12-6-2-7-13-18)21(17-10-4-1-5-11-17)22(20)28-19-14-8-3-9-15-19/h1-16H. The van der Waals surface area contributed by atoms with Crippen molar-refractivity contribution in [2.24, 2.45) is 0 Å². The van der Waals surface area contributed by atoms with Crippen LogP contribution in [-0.2, 0) is 6.18 Å². The molecule has 28 heavy (non-hydrogen) atoms. The van der Waals surface area contributed by atoms with Crippen molar-refractivity contribution in [1.82, 2.24) is 4.57 Å². The fourth-order valence-corrected chi connectivity index (χ4v) is 4.18. The summed E-state index contributed by atoms with van der Waals surface area (Å²) in [4.78, 5) is 0.963. The summed E-state index contributed by atoms with van der Waals surface area (Å²) >= 11 is 1.14. The van der Waals surface area contributed by atoms with Crippen LogP contribution in [-0.4, -0.2) is 4.57 Å². The molecule has 0 spiro atoms. The Balaban J connectivity index is 2.00. The Morgan fingerprint density at radius 3 is 1.79 bits per heavy atom. The zero-order valence-electron chi connectivity index (χ0n) is 14.7. The van der Waals surface area contributed by atoms with Crippen LogP contribution in [0.2, 0.25) is 0 Å². The molecule has 0 saturated heterocycles. The van der Waals surface area contributed by atoms with Crippen LogP contribution in [0.5, 0.6) is 0 Å². The Bertz CT molecular complexity index is 1060. The number of hydrogen-bond acceptors (Lipinski definition) is 1. The van der Waals surface area contributed by atoms with E-state index in [1.54, 1.807) is 4.57 Å². The number of rotatable bonds is 4. The van der Waals surface area contributed by atoms with Crippen LogP contribution in [0.4, 0.5) is 13.2 Å². The molecule has 0 atom stereocenters. The van der Waals surface area contributed by atoms with Gasteiger partial charge >= 0.3 is 6.18 Å². The van der Waals surface area contributed by atoms with Crippen molar-refractivity contribution in [3.63, 3.8) is 0 Å². The van der Waals surface area contributed by atoms with Crippen molar-refractivity contribution in [2.45, 2.75) is 16.0 Å². The van der Waals surface area contributed by atoms with E-state index in [4.69, 9.17) is 0 Å². The molecule has 0 amide bonds. The molecule has 0 aliphatic heterocycles. The van der Waals surface area contributed by atoms with Gasteiger partial charge in [0.05, 0.1) is 16.2 Å². The van der Waals surface area contributed by atoms with Crippen molar-refractivity contribution in [2.75, 3.05) is 0 Å². The monoisotopic (exact) mass is 395 g/mol. The van der Waals surface area contributed by atoms with E-state index in [0.717, 1.165) is 22.2 Å². The van der Waals surface area contributed by atoms with Crippen molar-refractivity contribution < 1.29 is 13.2 Å². The fourth-order valence-electron chi connectivity index (χ4n) is 3.06. The summed E-state index contributed by atoms with van der Waals surface area (Å²) in [6, 6.07) is 27.4. The molecule has 1 heterocycles. The summed E-state index contributed by atoms with van der Waals surface area (Å²) in [5.41, 5.74) is 1.32. The van der Waals surface area contributed by atoms with Crippen molar-refractivity contribution in [3.05, 3.63) is 103 Å². The minimum atomic E-state index is -4.46. The summed E-state index contributed by atoms with van der Waals surface area (Å²) in [6.07, 6.45) is -3.26. The van der Waals surface area contributed by atoms with Gasteiger partial charge in [0.2, 0.25) is 0 Å². The maximum atomic E-state index is 13.9. The van der Waals surface area contributed by atoms with E-state index < -0.39 is 11.7 Å². The van der Waals surface area contributed by atoms with Crippen LogP contribution in [0.1, 0.15) is 5.56 Å². The molecule has 0 saturated carbocycles. The predicted octanol–water partition coefficient (Wildman–Crippen LogP) is 7.31. The SMILES string of the molecule is FC(F)(F)c1cn(-c2ccccc2)c(-c2ccccc2)c1Sc1ccccc1. The molecule has 5 heteroatoms. The molecule has 3 aromatic carbocycles. The Kier molecular flexibility index (Phi) is 5.01. The van der Waals surface area contributed by atoms with Crippen LogP contribution in [0.15, 0.2) is 107 Å². The van der Waals surface area contributed by atoms with Crippen LogP contribution in [0.25, 0.3) is 16.9 Å². The average Bonchev–Trinajstić information content (AvgIpc) is 3.10. The highest BCUT2D eigenvalue weighted by molar-refractivity contribution is 7.99. The van der Waals surface area contributed by atoms with E-state index in [0.29, 0.717) is 11.4 Å². The van der Waals surface area contributed by atoms with Crippen LogP contribution in [0, 0.1) is 0 Å². The lowest BCUT2D eigenvalue weighted by atomic mass is 10.1. The van der Waals surface area contributed by atoms with Crippen molar-refractivity contribution >= 4 is 11.8 Å². The van der Waals surface area contributed by atoms with E-state index in [-0.39, 0.29) is 4.90 Å². The first-order valence-electron chi connectivity index (χ1n) is 8.70. The topological polar surface area (TPSA) is 4.93 Å². The molecular weight excluding hydrogens is 379 g/mol. The zero-order chi connectivity index (χ0) is 19.6. The molecule has 0 unspecified atom stereocenters. The molecular formula is C23H16F3NS. The number of alkyl halides is 3. The fraction of sp³-hybridized carbons (Fsp3) is 0.0435. The first-order valence-corrected chi connectivity index (χ1v) is 9.52. The Hall–Kier alpha value is -2.92. The second kappa shape index (κ2) is 7.60. The molecule has 4 rings (SSSR count). The molecule has 0 aliphatic carbocycles. The van der Waals surface area contributed by atoms with E-state index in [1.165, 1.54) is 6.20 Å². The molecule has 4 aromatic rings. The minimum Gasteiger partial charge on any atom is -0.315 e. The zero-order valence-corrected chi connectivity index (χ0v) is 15.5. The van der Waals surface area contributed by atoms with Gasteiger partial charge in [0.15, 0.2) is 0 Å². The maximum absolute atomic E-state index is 13.9. The quantitative estimate of drug-likeness (QED) is 0.351. The summed E-state index contributed by atoms with van der Waals surface area (Å²) in [5, 5.41) is 0. The van der Waals surface area contributed by atoms with Crippen molar-refractivity contribution in [3.8, 4) is 16.9 Å². The highest BCUT2D eigenvalue weighted by atomic mass is 32.2. The molecule has 1 nitrogen and oxygen atoms in total. The van der Waals surface area contributed by atoms with Crippen LogP contribution >= 0.6 is 11.8 Å². The number of halogens is 3. The molecule has 0 radical (unpaired) electrons. The third kappa shape index (κ3) is 3.71. The summed E-state index contributed by atoms with van der Waals surface area (Å²) in [6.45, 7) is 0. The van der Waals surface area contributed by atoms with Gasteiger partial charge in [-0.1, -0.05) is 78.5 Å². The summed E-state index contributed by atoms with van der Waals surface area (Å²) < 4.78 is 43.5. The van der Waals surface area contributed by atoms with Crippen molar-refractivity contribution in [1.29, 1.82) is 0 Å². The molecule has 140 valence electrons. The smallest absolute Gasteiger partial charge is 0.315 e. The first-order chi connectivity index (χ1) is 13.5. The average molecular weight is 395 g/mol. The van der Waals surface area contributed by atoms with Gasteiger partial charge in [0.1, 0.15) is 0 Å². The third-order valence-corrected chi connectivity index (χ3v) is 5.43. The van der Waals surface area contributed by atoms with Gasteiger partial charge in [0.25, 0.3) is 0 Å². The Morgan fingerprint density at radius 1 is 0.679 bits per heavy atom. The maximum Gasteiger partial charge on any atom is 0.418 e. The number of hydrogen-bond donors (Lipinski definition) is 0. The third-order valence-electron chi connectivity index (χ3n) is 4.31. The number of nitrogens with zero attached hydrogens (tertiary/aromatic N) is 1. The molecule has 0 bridgehead atoms. The highest BCUT2D eigenvalue weighted by Gasteiger charge is 2.38. The van der Waals surface area contributed by atoms with Gasteiger partial charge in [-0.2, -0.15) is 13.2 Å². The Morgan fingerprint density at radius 2 is 1.21 bits per heavy atom. The van der Waals surface area contributed by atoms with E-state index in [2.05, 4.69) is 0 Å². The van der Waals surface area contributed by atoms with Gasteiger partial charge in [-0.25, -0.2) is 0 Å². The second-order valence-electron chi connectivity index (χ2n) is 6.20. The molecule has 0 N–H and O–H groups in total. The van der Waals surface area contributed by atoms with Gasteiger partial charge in [-0.15, -0.1) is 0 Å². The molecule has 0 aliphatic rings.